The number of hydrogen-bond donors (Lipinski definition) is 1. The molecule has 0 aliphatic heterocycles. The molecular formula is C30H30N2O5. The first kappa shape index (κ1) is 25.7. The van der Waals surface area contributed by atoms with E-state index in [1.54, 1.807) is 13.8 Å². The van der Waals surface area contributed by atoms with Crippen molar-refractivity contribution in [1.82, 2.24) is 5.16 Å². The molecule has 0 saturated heterocycles. The Balaban J connectivity index is 1.45. The predicted octanol–water partition coefficient (Wildman–Crippen LogP) is 7.04. The summed E-state index contributed by atoms with van der Waals surface area (Å²) in [4.78, 5) is 24.4. The molecule has 0 aliphatic rings. The van der Waals surface area contributed by atoms with Gasteiger partial charge in [-0.25, -0.2) is 4.79 Å². The summed E-state index contributed by atoms with van der Waals surface area (Å²) in [5.74, 6) is 0.217. The van der Waals surface area contributed by atoms with Gasteiger partial charge in [0, 0.05) is 5.56 Å². The van der Waals surface area contributed by atoms with E-state index >= 15 is 0 Å². The summed E-state index contributed by atoms with van der Waals surface area (Å²) in [5, 5.41) is 6.84. The molecule has 7 heteroatoms. The van der Waals surface area contributed by atoms with E-state index in [9.17, 15) is 9.59 Å². The third-order valence-corrected chi connectivity index (χ3v) is 6.09. The largest absolute Gasteiger partial charge is 0.466 e. The second-order valence-electron chi connectivity index (χ2n) is 8.76. The normalized spacial score (nSPS) is 11.6. The van der Waals surface area contributed by atoms with Gasteiger partial charge in [0.1, 0.15) is 17.5 Å². The van der Waals surface area contributed by atoms with Crippen LogP contribution < -0.4 is 5.32 Å². The first-order valence-electron chi connectivity index (χ1n) is 12.2. The molecule has 1 N–H and O–H groups in total. The lowest BCUT2D eigenvalue weighted by molar-refractivity contribution is -0.142. The van der Waals surface area contributed by atoms with Crippen LogP contribution in [-0.2, 0) is 20.7 Å². The van der Waals surface area contributed by atoms with Gasteiger partial charge in [0.05, 0.1) is 13.0 Å². The van der Waals surface area contributed by atoms with Crippen LogP contribution in [0.25, 0.3) is 22.5 Å². The molecule has 1 aromatic heterocycles. The highest BCUT2D eigenvalue weighted by atomic mass is 16.6. The average Bonchev–Trinajstić information content (AvgIpc) is 3.24. The highest BCUT2D eigenvalue weighted by Gasteiger charge is 2.20. The third kappa shape index (κ3) is 6.25. The van der Waals surface area contributed by atoms with Crippen molar-refractivity contribution in [2.24, 2.45) is 0 Å². The summed E-state index contributed by atoms with van der Waals surface area (Å²) in [5.41, 5.74) is 6.71. The molecule has 4 aromatic rings. The van der Waals surface area contributed by atoms with Crippen molar-refractivity contribution in [2.45, 2.75) is 40.2 Å². The fraction of sp³-hybridized carbons (Fsp3) is 0.233. The van der Waals surface area contributed by atoms with Crippen molar-refractivity contribution in [2.75, 3.05) is 11.9 Å². The summed E-state index contributed by atoms with van der Waals surface area (Å²) in [6, 6.07) is 23.3. The molecule has 1 heterocycles. The molecule has 1 atom stereocenters. The molecule has 37 heavy (non-hydrogen) atoms. The predicted molar refractivity (Wildman–Crippen MR) is 142 cm³/mol. The molecule has 0 bridgehead atoms. The summed E-state index contributed by atoms with van der Waals surface area (Å²) in [6.45, 7) is 7.75. The zero-order valence-corrected chi connectivity index (χ0v) is 21.4. The first-order chi connectivity index (χ1) is 17.9. The van der Waals surface area contributed by atoms with Gasteiger partial charge in [-0.15, -0.1) is 0 Å². The molecule has 0 radical (unpaired) electrons. The minimum atomic E-state index is -0.581. The number of nitrogens with zero attached hydrogens (tertiary/aromatic N) is 1. The third-order valence-electron chi connectivity index (χ3n) is 6.09. The Morgan fingerprint density at radius 1 is 0.919 bits per heavy atom. The Morgan fingerprint density at radius 2 is 1.54 bits per heavy atom. The van der Waals surface area contributed by atoms with Crippen LogP contribution in [0, 0.1) is 13.8 Å². The Bertz CT molecular complexity index is 1370. The van der Waals surface area contributed by atoms with Crippen LogP contribution in [0.15, 0.2) is 77.3 Å². The summed E-state index contributed by atoms with van der Waals surface area (Å²) >= 11 is 0. The van der Waals surface area contributed by atoms with E-state index in [1.165, 1.54) is 0 Å². The van der Waals surface area contributed by atoms with E-state index < -0.39 is 12.2 Å². The second-order valence-corrected chi connectivity index (χ2v) is 8.76. The molecule has 0 spiro atoms. The maximum absolute atomic E-state index is 12.7. The van der Waals surface area contributed by atoms with Gasteiger partial charge < -0.3 is 14.0 Å². The van der Waals surface area contributed by atoms with Crippen molar-refractivity contribution in [3.63, 3.8) is 0 Å². The standard InChI is InChI=1S/C30H30N2O5/c1-5-35-27(33)18-22-10-12-23(13-11-22)24-14-16-25(17-15-24)29-28(20(3)32-37-29)31-30(34)36-21(4)26-9-7-6-8-19(26)2/h6-17,21H,5,18H2,1-4H3,(H,31,34). The van der Waals surface area contributed by atoms with Crippen molar-refractivity contribution < 1.29 is 23.6 Å². The van der Waals surface area contributed by atoms with E-state index in [-0.39, 0.29) is 12.4 Å². The van der Waals surface area contributed by atoms with Crippen molar-refractivity contribution in [3.8, 4) is 22.5 Å². The Morgan fingerprint density at radius 3 is 2.19 bits per heavy atom. The molecule has 3 aromatic carbocycles. The Hall–Kier alpha value is -4.39. The van der Waals surface area contributed by atoms with Gasteiger partial charge in [-0.1, -0.05) is 78.0 Å². The van der Waals surface area contributed by atoms with Gasteiger partial charge in [0.25, 0.3) is 0 Å². The SMILES string of the molecule is CCOC(=O)Cc1ccc(-c2ccc(-c3onc(C)c3NC(=O)OC(C)c3ccccc3C)cc2)cc1. The van der Waals surface area contributed by atoms with Gasteiger partial charge in [-0.3, -0.25) is 10.1 Å². The minimum Gasteiger partial charge on any atom is -0.466 e. The van der Waals surface area contributed by atoms with Crippen molar-refractivity contribution in [1.29, 1.82) is 0 Å². The fourth-order valence-corrected chi connectivity index (χ4v) is 4.12. The number of aromatic nitrogens is 1. The molecule has 0 saturated carbocycles. The number of benzene rings is 3. The highest BCUT2D eigenvalue weighted by Crippen LogP contribution is 2.33. The zero-order chi connectivity index (χ0) is 26.4. The molecule has 1 unspecified atom stereocenters. The van der Waals surface area contributed by atoms with E-state index in [0.717, 1.165) is 33.4 Å². The minimum absolute atomic E-state index is 0.236. The van der Waals surface area contributed by atoms with Crippen LogP contribution >= 0.6 is 0 Å². The summed E-state index contributed by atoms with van der Waals surface area (Å²) < 4.78 is 16.2. The van der Waals surface area contributed by atoms with Gasteiger partial charge in [0.2, 0.25) is 0 Å². The smallest absolute Gasteiger partial charge is 0.412 e. The number of anilines is 1. The quantitative estimate of drug-likeness (QED) is 0.262. The van der Waals surface area contributed by atoms with Crippen LogP contribution in [0.3, 0.4) is 0 Å². The number of nitrogens with one attached hydrogen (secondary N) is 1. The van der Waals surface area contributed by atoms with Crippen molar-refractivity contribution in [3.05, 3.63) is 95.2 Å². The van der Waals surface area contributed by atoms with Crippen LogP contribution in [0.1, 0.15) is 42.3 Å². The lowest BCUT2D eigenvalue weighted by Crippen LogP contribution is -2.17. The zero-order valence-electron chi connectivity index (χ0n) is 21.4. The number of aryl methyl sites for hydroxylation is 2. The maximum atomic E-state index is 12.7. The van der Waals surface area contributed by atoms with Crippen LogP contribution in [0.5, 0.6) is 0 Å². The Kier molecular flexibility index (Phi) is 8.03. The molecule has 0 aliphatic carbocycles. The summed E-state index contributed by atoms with van der Waals surface area (Å²) in [7, 11) is 0. The van der Waals surface area contributed by atoms with Crippen LogP contribution in [0.4, 0.5) is 10.5 Å². The fourth-order valence-electron chi connectivity index (χ4n) is 4.12. The van der Waals surface area contributed by atoms with E-state index in [4.69, 9.17) is 14.0 Å². The highest BCUT2D eigenvalue weighted by molar-refractivity contribution is 5.91. The monoisotopic (exact) mass is 498 g/mol. The molecule has 0 fully saturated rings. The molecule has 190 valence electrons. The Labute approximate surface area is 216 Å². The first-order valence-corrected chi connectivity index (χ1v) is 12.2. The maximum Gasteiger partial charge on any atom is 0.412 e. The van der Waals surface area contributed by atoms with Crippen LogP contribution in [0.2, 0.25) is 0 Å². The van der Waals surface area contributed by atoms with E-state index in [0.29, 0.717) is 23.7 Å². The molecular weight excluding hydrogens is 468 g/mol. The number of amides is 1. The van der Waals surface area contributed by atoms with Crippen LogP contribution in [-0.4, -0.2) is 23.8 Å². The average molecular weight is 499 g/mol. The number of carbonyl (C=O) groups excluding carboxylic acids is 2. The molecule has 4 rings (SSSR count). The number of rotatable bonds is 8. The topological polar surface area (TPSA) is 90.7 Å². The van der Waals surface area contributed by atoms with Crippen molar-refractivity contribution >= 4 is 17.7 Å². The second kappa shape index (κ2) is 11.6. The van der Waals surface area contributed by atoms with E-state index in [2.05, 4.69) is 10.5 Å². The molecule has 7 nitrogen and oxygen atoms in total. The lowest BCUT2D eigenvalue weighted by atomic mass is 10.0. The lowest BCUT2D eigenvalue weighted by Gasteiger charge is -2.16. The number of esters is 1. The summed E-state index contributed by atoms with van der Waals surface area (Å²) in [6.07, 6.45) is -0.740. The number of carbonyl (C=O) groups is 2. The van der Waals surface area contributed by atoms with Gasteiger partial charge >= 0.3 is 12.1 Å². The number of hydrogen-bond acceptors (Lipinski definition) is 6. The van der Waals surface area contributed by atoms with E-state index in [1.807, 2.05) is 86.6 Å². The van der Waals surface area contributed by atoms with Gasteiger partial charge in [-0.2, -0.15) is 0 Å². The molecule has 1 amide bonds. The number of ether oxygens (including phenoxy) is 2. The van der Waals surface area contributed by atoms with Gasteiger partial charge in [0.15, 0.2) is 5.76 Å². The van der Waals surface area contributed by atoms with Gasteiger partial charge in [-0.05, 0) is 55.5 Å².